The van der Waals surface area contributed by atoms with Crippen LogP contribution in [-0.2, 0) is 14.8 Å². The molecule has 0 radical (unpaired) electrons. The lowest BCUT2D eigenvalue weighted by Crippen LogP contribution is -2.30. The third-order valence-corrected chi connectivity index (χ3v) is 5.60. The molecule has 0 bridgehead atoms. The molecular weight excluding hydrogens is 404 g/mol. The highest BCUT2D eigenvalue weighted by atomic mass is 32.2. The highest BCUT2D eigenvalue weighted by Gasteiger charge is 2.17. The molecule has 0 heterocycles. The number of sulfonamides is 1. The number of rotatable bonds is 8. The molecule has 156 valence electrons. The highest BCUT2D eigenvalue weighted by molar-refractivity contribution is 7.92. The van der Waals surface area contributed by atoms with Crippen LogP contribution in [0.4, 0.5) is 11.4 Å². The van der Waals surface area contributed by atoms with Crippen LogP contribution in [0, 0.1) is 0 Å². The van der Waals surface area contributed by atoms with E-state index in [0.717, 1.165) is 0 Å². The molecule has 30 heavy (non-hydrogen) atoms. The topological polar surface area (TPSA) is 93.7 Å². The Balaban J connectivity index is 1.60. The molecular formula is C22H22N2O5S. The van der Waals surface area contributed by atoms with E-state index in [4.69, 9.17) is 9.47 Å². The van der Waals surface area contributed by atoms with Crippen LogP contribution in [0.1, 0.15) is 6.92 Å². The highest BCUT2D eigenvalue weighted by Crippen LogP contribution is 2.20. The van der Waals surface area contributed by atoms with Gasteiger partial charge in [-0.2, -0.15) is 0 Å². The summed E-state index contributed by atoms with van der Waals surface area (Å²) in [4.78, 5) is 12.5. The molecule has 8 heteroatoms. The van der Waals surface area contributed by atoms with Gasteiger partial charge in [-0.25, -0.2) is 8.42 Å². The van der Waals surface area contributed by atoms with E-state index in [1.54, 1.807) is 68.6 Å². The first-order chi connectivity index (χ1) is 14.4. The van der Waals surface area contributed by atoms with Gasteiger partial charge in [0.15, 0.2) is 6.10 Å². The number of nitrogens with one attached hydrogen (secondary N) is 2. The van der Waals surface area contributed by atoms with E-state index < -0.39 is 16.1 Å². The van der Waals surface area contributed by atoms with Gasteiger partial charge in [-0.3, -0.25) is 9.52 Å². The summed E-state index contributed by atoms with van der Waals surface area (Å²) in [7, 11) is -2.15. The van der Waals surface area contributed by atoms with E-state index >= 15 is 0 Å². The fourth-order valence-corrected chi connectivity index (χ4v) is 3.65. The van der Waals surface area contributed by atoms with Crippen molar-refractivity contribution in [3.8, 4) is 11.5 Å². The first-order valence-electron chi connectivity index (χ1n) is 9.17. The Morgan fingerprint density at radius 3 is 2.03 bits per heavy atom. The Morgan fingerprint density at radius 2 is 1.43 bits per heavy atom. The molecule has 3 aromatic rings. The minimum atomic E-state index is -3.72. The van der Waals surface area contributed by atoms with Gasteiger partial charge in [-0.1, -0.05) is 18.2 Å². The zero-order valence-electron chi connectivity index (χ0n) is 16.5. The van der Waals surface area contributed by atoms with Crippen molar-refractivity contribution in [2.24, 2.45) is 0 Å². The molecule has 1 atom stereocenters. The maximum atomic E-state index is 12.5. The van der Waals surface area contributed by atoms with Gasteiger partial charge < -0.3 is 14.8 Å². The van der Waals surface area contributed by atoms with Crippen LogP contribution in [0.2, 0.25) is 0 Å². The van der Waals surface area contributed by atoms with Crippen LogP contribution in [-0.4, -0.2) is 27.5 Å². The van der Waals surface area contributed by atoms with Crippen molar-refractivity contribution in [1.82, 2.24) is 0 Å². The van der Waals surface area contributed by atoms with Gasteiger partial charge in [-0.15, -0.1) is 0 Å². The quantitative estimate of drug-likeness (QED) is 0.570. The molecule has 0 aliphatic rings. The average molecular weight is 426 g/mol. The molecule has 0 saturated heterocycles. The SMILES string of the molecule is COc1ccc(O[C@H](C)C(=O)Nc2ccc(S(=O)(=O)Nc3ccccc3)cc2)cc1. The van der Waals surface area contributed by atoms with Crippen molar-refractivity contribution < 1.29 is 22.7 Å². The van der Waals surface area contributed by atoms with Gasteiger partial charge >= 0.3 is 0 Å². The van der Waals surface area contributed by atoms with E-state index in [1.807, 2.05) is 0 Å². The molecule has 7 nitrogen and oxygen atoms in total. The van der Waals surface area contributed by atoms with Gasteiger partial charge in [0.2, 0.25) is 0 Å². The molecule has 0 aliphatic carbocycles. The summed E-state index contributed by atoms with van der Waals surface area (Å²) in [6, 6.07) is 21.4. The molecule has 0 spiro atoms. The molecule has 0 saturated carbocycles. The number of benzene rings is 3. The minimum absolute atomic E-state index is 0.0897. The lowest BCUT2D eigenvalue weighted by atomic mass is 10.3. The number of hydrogen-bond acceptors (Lipinski definition) is 5. The molecule has 0 fully saturated rings. The minimum Gasteiger partial charge on any atom is -0.497 e. The number of methoxy groups -OCH3 is 1. The van der Waals surface area contributed by atoms with E-state index in [1.165, 1.54) is 24.3 Å². The van der Waals surface area contributed by atoms with E-state index in [0.29, 0.717) is 22.9 Å². The number of amides is 1. The zero-order valence-corrected chi connectivity index (χ0v) is 17.3. The van der Waals surface area contributed by atoms with Crippen LogP contribution in [0.15, 0.2) is 83.8 Å². The third kappa shape index (κ3) is 5.51. The lowest BCUT2D eigenvalue weighted by Gasteiger charge is -2.15. The maximum absolute atomic E-state index is 12.5. The van der Waals surface area contributed by atoms with Gasteiger partial charge in [-0.05, 0) is 67.6 Å². The Kier molecular flexibility index (Phi) is 6.58. The lowest BCUT2D eigenvalue weighted by molar-refractivity contribution is -0.122. The fraction of sp³-hybridized carbons (Fsp3) is 0.136. The van der Waals surface area contributed by atoms with Crippen LogP contribution in [0.25, 0.3) is 0 Å². The van der Waals surface area contributed by atoms with Crippen LogP contribution in [0.3, 0.4) is 0 Å². The Hall–Kier alpha value is -3.52. The third-order valence-electron chi connectivity index (χ3n) is 4.20. The van der Waals surface area contributed by atoms with Crippen molar-refractivity contribution in [3.63, 3.8) is 0 Å². The Morgan fingerprint density at radius 1 is 0.833 bits per heavy atom. The van der Waals surface area contributed by atoms with Gasteiger partial charge in [0, 0.05) is 11.4 Å². The molecule has 2 N–H and O–H groups in total. The summed E-state index contributed by atoms with van der Waals surface area (Å²) in [5.41, 5.74) is 0.934. The average Bonchev–Trinajstić information content (AvgIpc) is 2.75. The summed E-state index contributed by atoms with van der Waals surface area (Å²) >= 11 is 0. The fourth-order valence-electron chi connectivity index (χ4n) is 2.59. The summed E-state index contributed by atoms with van der Waals surface area (Å²) in [6.07, 6.45) is -0.749. The van der Waals surface area contributed by atoms with E-state index in [-0.39, 0.29) is 10.8 Å². The summed E-state index contributed by atoms with van der Waals surface area (Å²) in [5.74, 6) is 0.868. The van der Waals surface area contributed by atoms with Crippen LogP contribution < -0.4 is 19.5 Å². The molecule has 3 rings (SSSR count). The second kappa shape index (κ2) is 9.32. The van der Waals surface area contributed by atoms with Crippen molar-refractivity contribution in [3.05, 3.63) is 78.9 Å². The second-order valence-electron chi connectivity index (χ2n) is 6.42. The van der Waals surface area contributed by atoms with Crippen molar-refractivity contribution >= 4 is 27.3 Å². The second-order valence-corrected chi connectivity index (χ2v) is 8.10. The van der Waals surface area contributed by atoms with Gasteiger partial charge in [0.1, 0.15) is 11.5 Å². The van der Waals surface area contributed by atoms with Crippen LogP contribution >= 0.6 is 0 Å². The predicted molar refractivity (Wildman–Crippen MR) is 115 cm³/mol. The molecule has 0 aromatic heterocycles. The van der Waals surface area contributed by atoms with Crippen molar-refractivity contribution in [2.45, 2.75) is 17.9 Å². The number of carbonyl (C=O) groups excluding carboxylic acids is 1. The van der Waals surface area contributed by atoms with E-state index in [2.05, 4.69) is 10.0 Å². The zero-order chi connectivity index (χ0) is 21.6. The normalized spacial score (nSPS) is 11.9. The molecule has 1 amide bonds. The van der Waals surface area contributed by atoms with E-state index in [9.17, 15) is 13.2 Å². The maximum Gasteiger partial charge on any atom is 0.265 e. The summed E-state index contributed by atoms with van der Waals surface area (Å²) in [6.45, 7) is 1.63. The Labute approximate surface area is 175 Å². The van der Waals surface area contributed by atoms with Crippen molar-refractivity contribution in [2.75, 3.05) is 17.1 Å². The largest absolute Gasteiger partial charge is 0.497 e. The van der Waals surface area contributed by atoms with Crippen molar-refractivity contribution in [1.29, 1.82) is 0 Å². The predicted octanol–water partition coefficient (Wildman–Crippen LogP) is 3.90. The number of para-hydroxylation sites is 1. The number of ether oxygens (including phenoxy) is 2. The van der Waals surface area contributed by atoms with Crippen LogP contribution in [0.5, 0.6) is 11.5 Å². The smallest absolute Gasteiger partial charge is 0.265 e. The number of hydrogen-bond donors (Lipinski definition) is 2. The Bertz CT molecular complexity index is 1080. The molecule has 0 unspecified atom stereocenters. The first kappa shape index (κ1) is 21.2. The number of carbonyl (C=O) groups is 1. The first-order valence-corrected chi connectivity index (χ1v) is 10.7. The number of anilines is 2. The van der Waals surface area contributed by atoms with Gasteiger partial charge in [0.25, 0.3) is 15.9 Å². The standard InChI is InChI=1S/C22H22N2O5S/c1-16(29-20-12-10-19(28-2)11-13-20)22(25)23-17-8-14-21(15-9-17)30(26,27)24-18-6-4-3-5-7-18/h3-16,24H,1-2H3,(H,23,25)/t16-/m1/s1. The monoisotopic (exact) mass is 426 g/mol. The summed E-state index contributed by atoms with van der Waals surface area (Å²) in [5, 5.41) is 2.71. The summed E-state index contributed by atoms with van der Waals surface area (Å²) < 4.78 is 38.1. The molecule has 3 aromatic carbocycles. The molecule has 0 aliphatic heterocycles. The van der Waals surface area contributed by atoms with Gasteiger partial charge in [0.05, 0.1) is 12.0 Å².